The molecule has 0 spiro atoms. The molecule has 2 aromatic rings. The van der Waals surface area contributed by atoms with Gasteiger partial charge in [-0.25, -0.2) is 0 Å². The number of halogens is 1. The Labute approximate surface area is 141 Å². The van der Waals surface area contributed by atoms with Crippen LogP contribution < -0.4 is 10.6 Å². The SMILES string of the molecule is CN(C)[C@@H](CNC(=S)Nc1ccc(Cl)cc1)c1cccnc1. The first-order valence-electron chi connectivity index (χ1n) is 6.93. The summed E-state index contributed by atoms with van der Waals surface area (Å²) in [7, 11) is 4.07. The smallest absolute Gasteiger partial charge is 0.170 e. The van der Waals surface area contributed by atoms with Crippen LogP contribution in [0.4, 0.5) is 5.69 Å². The maximum absolute atomic E-state index is 5.87. The molecule has 1 heterocycles. The molecular formula is C16H19ClN4S. The number of pyridine rings is 1. The van der Waals surface area contributed by atoms with Crippen molar-refractivity contribution in [3.05, 3.63) is 59.4 Å². The molecule has 0 radical (unpaired) electrons. The highest BCUT2D eigenvalue weighted by Crippen LogP contribution is 2.16. The molecule has 116 valence electrons. The van der Waals surface area contributed by atoms with Crippen LogP contribution in [0.1, 0.15) is 11.6 Å². The van der Waals surface area contributed by atoms with Gasteiger partial charge in [-0.1, -0.05) is 17.7 Å². The van der Waals surface area contributed by atoms with Gasteiger partial charge in [-0.15, -0.1) is 0 Å². The number of hydrogen-bond donors (Lipinski definition) is 2. The first-order valence-corrected chi connectivity index (χ1v) is 7.71. The minimum atomic E-state index is 0.193. The molecule has 0 fully saturated rings. The molecule has 2 rings (SSSR count). The summed E-state index contributed by atoms with van der Waals surface area (Å²) in [4.78, 5) is 6.31. The van der Waals surface area contributed by atoms with Crippen molar-refractivity contribution in [2.24, 2.45) is 0 Å². The Morgan fingerprint density at radius 1 is 1.27 bits per heavy atom. The molecule has 2 N–H and O–H groups in total. The fourth-order valence-corrected chi connectivity index (χ4v) is 2.40. The van der Waals surface area contributed by atoms with Gasteiger partial charge in [0.25, 0.3) is 0 Å². The van der Waals surface area contributed by atoms with Crippen molar-refractivity contribution in [1.29, 1.82) is 0 Å². The van der Waals surface area contributed by atoms with Gasteiger partial charge in [0.2, 0.25) is 0 Å². The first kappa shape index (κ1) is 16.7. The zero-order chi connectivity index (χ0) is 15.9. The minimum Gasteiger partial charge on any atom is -0.361 e. The molecule has 0 saturated carbocycles. The molecule has 0 aliphatic rings. The van der Waals surface area contributed by atoms with Gasteiger partial charge in [-0.3, -0.25) is 4.98 Å². The average Bonchev–Trinajstić information content (AvgIpc) is 2.50. The Morgan fingerprint density at radius 3 is 2.59 bits per heavy atom. The van der Waals surface area contributed by atoms with E-state index in [1.807, 2.05) is 50.6 Å². The summed E-state index contributed by atoms with van der Waals surface area (Å²) < 4.78 is 0. The van der Waals surface area contributed by atoms with Crippen molar-refractivity contribution < 1.29 is 0 Å². The molecule has 0 saturated heterocycles. The number of likely N-dealkylation sites (N-methyl/N-ethyl adjacent to an activating group) is 1. The Hall–Kier alpha value is -1.69. The lowest BCUT2D eigenvalue weighted by Gasteiger charge is -2.25. The van der Waals surface area contributed by atoms with E-state index in [9.17, 15) is 0 Å². The van der Waals surface area contributed by atoms with Crippen molar-refractivity contribution in [2.75, 3.05) is 26.0 Å². The molecule has 0 aliphatic carbocycles. The highest BCUT2D eigenvalue weighted by molar-refractivity contribution is 7.80. The van der Waals surface area contributed by atoms with Gasteiger partial charge in [0.15, 0.2) is 5.11 Å². The molecule has 0 unspecified atom stereocenters. The molecule has 1 atom stereocenters. The van der Waals surface area contributed by atoms with Crippen LogP contribution in [0.5, 0.6) is 0 Å². The number of rotatable bonds is 5. The van der Waals surface area contributed by atoms with Crippen molar-refractivity contribution >= 4 is 34.6 Å². The molecule has 0 amide bonds. The molecule has 1 aromatic heterocycles. The summed E-state index contributed by atoms with van der Waals surface area (Å²) in [6.45, 7) is 0.693. The highest BCUT2D eigenvalue weighted by atomic mass is 35.5. The van der Waals surface area contributed by atoms with Gasteiger partial charge in [-0.2, -0.15) is 0 Å². The van der Waals surface area contributed by atoms with Crippen LogP contribution in [-0.4, -0.2) is 35.6 Å². The van der Waals surface area contributed by atoms with Crippen LogP contribution in [-0.2, 0) is 0 Å². The van der Waals surface area contributed by atoms with Gasteiger partial charge < -0.3 is 15.5 Å². The van der Waals surface area contributed by atoms with Gasteiger partial charge in [-0.05, 0) is 62.2 Å². The van der Waals surface area contributed by atoms with E-state index in [0.717, 1.165) is 11.3 Å². The number of nitrogens with one attached hydrogen (secondary N) is 2. The molecular weight excluding hydrogens is 316 g/mol. The fourth-order valence-electron chi connectivity index (χ4n) is 2.07. The molecule has 1 aromatic carbocycles. The average molecular weight is 335 g/mol. The lowest BCUT2D eigenvalue weighted by Crippen LogP contribution is -2.36. The molecule has 4 nitrogen and oxygen atoms in total. The van der Waals surface area contributed by atoms with Crippen LogP contribution in [0.15, 0.2) is 48.8 Å². The second-order valence-corrected chi connectivity index (χ2v) is 5.95. The maximum Gasteiger partial charge on any atom is 0.170 e. The lowest BCUT2D eigenvalue weighted by atomic mass is 10.1. The number of hydrogen-bond acceptors (Lipinski definition) is 3. The van der Waals surface area contributed by atoms with Gasteiger partial charge >= 0.3 is 0 Å². The third-order valence-electron chi connectivity index (χ3n) is 3.25. The van der Waals surface area contributed by atoms with Gasteiger partial charge in [0.1, 0.15) is 0 Å². The zero-order valence-corrected chi connectivity index (χ0v) is 14.2. The van der Waals surface area contributed by atoms with Crippen LogP contribution in [0.2, 0.25) is 5.02 Å². The van der Waals surface area contributed by atoms with Crippen molar-refractivity contribution in [3.8, 4) is 0 Å². The monoisotopic (exact) mass is 334 g/mol. The van der Waals surface area contributed by atoms with E-state index in [1.165, 1.54) is 0 Å². The Balaban J connectivity index is 1.92. The molecule has 0 aliphatic heterocycles. The zero-order valence-electron chi connectivity index (χ0n) is 12.6. The van der Waals surface area contributed by atoms with E-state index in [4.69, 9.17) is 23.8 Å². The van der Waals surface area contributed by atoms with Crippen molar-refractivity contribution in [1.82, 2.24) is 15.2 Å². The Bertz CT molecular complexity index is 601. The van der Waals surface area contributed by atoms with Crippen LogP contribution >= 0.6 is 23.8 Å². The summed E-state index contributed by atoms with van der Waals surface area (Å²) in [5.74, 6) is 0. The van der Waals surface area contributed by atoms with E-state index in [2.05, 4.69) is 26.6 Å². The number of aromatic nitrogens is 1. The molecule has 6 heteroatoms. The predicted molar refractivity (Wildman–Crippen MR) is 96.3 cm³/mol. The van der Waals surface area contributed by atoms with Gasteiger partial charge in [0.05, 0.1) is 6.04 Å². The number of nitrogens with zero attached hydrogens (tertiary/aromatic N) is 2. The topological polar surface area (TPSA) is 40.2 Å². The van der Waals surface area contributed by atoms with Crippen molar-refractivity contribution in [2.45, 2.75) is 6.04 Å². The van der Waals surface area contributed by atoms with E-state index in [0.29, 0.717) is 16.7 Å². The normalized spacial score (nSPS) is 12.0. The summed E-state index contributed by atoms with van der Waals surface area (Å²) in [6.07, 6.45) is 3.65. The standard InChI is InChI=1S/C16H19ClN4S/c1-21(2)15(12-4-3-9-18-10-12)11-19-16(22)20-14-7-5-13(17)6-8-14/h3-10,15H,11H2,1-2H3,(H2,19,20,22)/t15-/m0/s1. The third kappa shape index (κ3) is 4.94. The quantitative estimate of drug-likeness (QED) is 0.821. The van der Waals surface area contributed by atoms with E-state index in [-0.39, 0.29) is 6.04 Å². The highest BCUT2D eigenvalue weighted by Gasteiger charge is 2.14. The largest absolute Gasteiger partial charge is 0.361 e. The summed E-state index contributed by atoms with van der Waals surface area (Å²) in [5, 5.41) is 7.67. The molecule has 22 heavy (non-hydrogen) atoms. The number of thiocarbonyl (C=S) groups is 1. The fraction of sp³-hybridized carbons (Fsp3) is 0.250. The van der Waals surface area contributed by atoms with Crippen molar-refractivity contribution in [3.63, 3.8) is 0 Å². The van der Waals surface area contributed by atoms with E-state index < -0.39 is 0 Å². The minimum absolute atomic E-state index is 0.193. The van der Waals surface area contributed by atoms with E-state index in [1.54, 1.807) is 6.20 Å². The second kappa shape index (κ2) is 8.08. The summed E-state index contributed by atoms with van der Waals surface area (Å²) in [6, 6.07) is 11.6. The summed E-state index contributed by atoms with van der Waals surface area (Å²) >= 11 is 11.2. The van der Waals surface area contributed by atoms with Crippen LogP contribution in [0.25, 0.3) is 0 Å². The second-order valence-electron chi connectivity index (χ2n) is 5.11. The Morgan fingerprint density at radius 2 is 2.00 bits per heavy atom. The van der Waals surface area contributed by atoms with Gasteiger partial charge in [0, 0.05) is 29.6 Å². The maximum atomic E-state index is 5.87. The van der Waals surface area contributed by atoms with Crippen LogP contribution in [0.3, 0.4) is 0 Å². The molecule has 0 bridgehead atoms. The summed E-state index contributed by atoms with van der Waals surface area (Å²) in [5.41, 5.74) is 2.05. The van der Waals surface area contributed by atoms with Crippen LogP contribution in [0, 0.1) is 0 Å². The first-order chi connectivity index (χ1) is 10.6. The lowest BCUT2D eigenvalue weighted by molar-refractivity contribution is 0.298. The predicted octanol–water partition coefficient (Wildman–Crippen LogP) is 3.32. The number of benzene rings is 1. The Kier molecular flexibility index (Phi) is 6.12. The number of anilines is 1. The van der Waals surface area contributed by atoms with E-state index >= 15 is 0 Å². The third-order valence-corrected chi connectivity index (χ3v) is 3.75.